The van der Waals surface area contributed by atoms with E-state index >= 15 is 0 Å². The number of hydrogen-bond acceptors (Lipinski definition) is 15. The first-order valence-corrected chi connectivity index (χ1v) is 22.4. The van der Waals surface area contributed by atoms with Crippen LogP contribution in [0.1, 0.15) is 116 Å². The summed E-state index contributed by atoms with van der Waals surface area (Å²) in [6, 6.07) is 7.40. The van der Waals surface area contributed by atoms with E-state index in [2.05, 4.69) is 35.9 Å². The molecule has 23 nitrogen and oxygen atoms in total. The van der Waals surface area contributed by atoms with Crippen molar-refractivity contribution in [2.75, 3.05) is 23.8 Å². The van der Waals surface area contributed by atoms with Gasteiger partial charge in [0.15, 0.2) is 11.2 Å². The molecule has 0 saturated carbocycles. The first-order valence-electron chi connectivity index (χ1n) is 22.4. The van der Waals surface area contributed by atoms with Crippen molar-refractivity contribution in [1.82, 2.24) is 40.9 Å². The molecule has 5 rings (SSSR count). The van der Waals surface area contributed by atoms with E-state index in [9.17, 15) is 66.5 Å². The van der Waals surface area contributed by atoms with E-state index < -0.39 is 95.9 Å². The van der Waals surface area contributed by atoms with Crippen LogP contribution in [0.5, 0.6) is 0 Å². The van der Waals surface area contributed by atoms with Crippen molar-refractivity contribution < 1.29 is 71.3 Å². The van der Waals surface area contributed by atoms with Crippen molar-refractivity contribution in [3.05, 3.63) is 87.5 Å². The molecule has 0 bridgehead atoms. The molecule has 0 unspecified atom stereocenters. The van der Waals surface area contributed by atoms with E-state index in [1.807, 2.05) is 0 Å². The minimum absolute atomic E-state index is 0.0333. The number of rotatable bonds is 25. The van der Waals surface area contributed by atoms with Gasteiger partial charge in [0.1, 0.15) is 12.1 Å². The number of nitrogen functional groups attached to an aromatic ring is 1. The number of carboxylic acid groups (broad SMARTS) is 2. The average molecular weight is 1010 g/mol. The topological polar surface area (TPSA) is 336 Å². The fourth-order valence-electron chi connectivity index (χ4n) is 7.13. The van der Waals surface area contributed by atoms with Crippen LogP contribution >= 0.6 is 0 Å². The summed E-state index contributed by atoms with van der Waals surface area (Å²) in [5.74, 6) is -8.73. The van der Waals surface area contributed by atoms with Crippen LogP contribution < -0.4 is 32.1 Å². The zero-order valence-electron chi connectivity index (χ0n) is 39.5. The van der Waals surface area contributed by atoms with Crippen molar-refractivity contribution >= 4 is 70.2 Å². The number of halogens is 3. The third kappa shape index (κ3) is 15.1. The Labute approximate surface area is 408 Å². The van der Waals surface area contributed by atoms with Gasteiger partial charge in [-0.15, -0.1) is 5.06 Å². The van der Waals surface area contributed by atoms with E-state index in [0.29, 0.717) is 19.3 Å². The Morgan fingerprint density at radius 1 is 0.806 bits per heavy atom. The minimum Gasteiger partial charge on any atom is -0.480 e. The lowest BCUT2D eigenvalue weighted by atomic mass is 10.0. The zero-order chi connectivity index (χ0) is 53.1. The van der Waals surface area contributed by atoms with Gasteiger partial charge in [-0.3, -0.25) is 48.3 Å². The van der Waals surface area contributed by atoms with Crippen LogP contribution in [0.15, 0.2) is 59.5 Å². The maximum absolute atomic E-state index is 13.7. The molecular weight excluding hydrogens is 958 g/mol. The van der Waals surface area contributed by atoms with Gasteiger partial charge in [-0.2, -0.15) is 18.2 Å². The minimum atomic E-state index is -5.37. The number of H-pyrrole nitrogens is 1. The third-order valence-corrected chi connectivity index (χ3v) is 11.1. The lowest BCUT2D eigenvalue weighted by molar-refractivity contribution is -0.184. The maximum atomic E-state index is 13.7. The lowest BCUT2D eigenvalue weighted by Crippen LogP contribution is -2.44. The normalized spacial score (nSPS) is 13.6. The van der Waals surface area contributed by atoms with E-state index in [4.69, 9.17) is 15.3 Å². The van der Waals surface area contributed by atoms with Crippen LogP contribution in [0.3, 0.4) is 0 Å². The lowest BCUT2D eigenvalue weighted by Gasteiger charge is -2.31. The Morgan fingerprint density at radius 3 is 2.04 bits per heavy atom. The number of hydroxylamine groups is 2. The van der Waals surface area contributed by atoms with E-state index in [1.54, 1.807) is 52.0 Å². The highest BCUT2D eigenvalue weighted by Crippen LogP contribution is 2.29. The number of anilines is 2. The summed E-state index contributed by atoms with van der Waals surface area (Å²) in [5.41, 5.74) is 2.11. The number of benzene rings is 2. The first kappa shape index (κ1) is 55.1. The average Bonchev–Trinajstić information content (AvgIpc) is 3.54. The number of nitrogens with zero attached hydrogens (tertiary/aromatic N) is 5. The number of hydrogen-bond donors (Lipinski definition) is 7. The number of nitrogens with one attached hydrogen (secondary N) is 4. The molecule has 4 aromatic rings. The summed E-state index contributed by atoms with van der Waals surface area (Å²) in [6.45, 7) is 6.62. The fourth-order valence-corrected chi connectivity index (χ4v) is 7.13. The van der Waals surface area contributed by atoms with Gasteiger partial charge in [0.05, 0.1) is 47.4 Å². The largest absolute Gasteiger partial charge is 0.480 e. The highest BCUT2D eigenvalue weighted by molar-refractivity contribution is 6.20. The first-order chi connectivity index (χ1) is 33.7. The second-order valence-corrected chi connectivity index (χ2v) is 17.8. The van der Waals surface area contributed by atoms with Gasteiger partial charge in [-0.1, -0.05) is 12.1 Å². The molecule has 386 valence electrons. The molecule has 1 aliphatic rings. The molecule has 2 atom stereocenters. The number of ether oxygens (including phenoxy) is 1. The van der Waals surface area contributed by atoms with Crippen LogP contribution in [0.2, 0.25) is 0 Å². The molecular formula is C46H53F3N10O13. The molecule has 0 saturated heterocycles. The van der Waals surface area contributed by atoms with Gasteiger partial charge >= 0.3 is 24.0 Å². The fraction of sp³-hybridized carbons (Fsp3) is 0.435. The smallest absolute Gasteiger partial charge is 0.471 e. The van der Waals surface area contributed by atoms with Crippen molar-refractivity contribution in [2.45, 2.75) is 115 Å². The predicted molar refractivity (Wildman–Crippen MR) is 247 cm³/mol. The number of carbonyl (C=O) groups is 8. The summed E-state index contributed by atoms with van der Waals surface area (Å²) in [7, 11) is 0. The molecule has 1 aliphatic heterocycles. The number of imide groups is 1. The number of alkyl halides is 3. The Balaban J connectivity index is 1.02. The monoisotopic (exact) mass is 1010 g/mol. The molecule has 6 amide bonds. The van der Waals surface area contributed by atoms with Gasteiger partial charge in [-0.05, 0) is 96.2 Å². The number of unbranched alkanes of at least 4 members (excludes halogenated alkanes) is 1. The van der Waals surface area contributed by atoms with Crippen molar-refractivity contribution in [2.24, 2.45) is 0 Å². The number of aliphatic carboxylic acids is 2. The summed E-state index contributed by atoms with van der Waals surface area (Å²) in [4.78, 5) is 132. The molecule has 0 aliphatic carbocycles. The van der Waals surface area contributed by atoms with Crippen LogP contribution in [-0.2, 0) is 40.1 Å². The SMILES string of the molecule is CC(C)(CCC(=O)NCCCC[C@H](NC(=O)CC[C@H](NC(=O)c1ccc(N(Cc2cnc3nc(N)[nH]c(=O)c3n2)C(=O)C(F)(F)F)cc1)C(=O)O)C(=O)O)OCCC(C)(C)ON1C(=O)c2ccccc2C1=O. The second-order valence-electron chi connectivity index (χ2n) is 17.8. The van der Waals surface area contributed by atoms with Crippen molar-refractivity contribution in [3.8, 4) is 0 Å². The Morgan fingerprint density at radius 2 is 1.43 bits per heavy atom. The number of aromatic nitrogens is 4. The van der Waals surface area contributed by atoms with Gasteiger partial charge < -0.3 is 36.6 Å². The summed E-state index contributed by atoms with van der Waals surface area (Å²) < 4.78 is 47.0. The van der Waals surface area contributed by atoms with Crippen LogP contribution in [0, 0.1) is 0 Å². The van der Waals surface area contributed by atoms with E-state index in [1.165, 1.54) is 0 Å². The molecule has 0 fully saturated rings. The number of amides is 6. The number of fused-ring (bicyclic) bond motifs is 2. The summed E-state index contributed by atoms with van der Waals surface area (Å²) >= 11 is 0. The molecule has 8 N–H and O–H groups in total. The maximum Gasteiger partial charge on any atom is 0.471 e. The zero-order valence-corrected chi connectivity index (χ0v) is 39.5. The molecule has 2 aromatic heterocycles. The molecule has 2 aromatic carbocycles. The van der Waals surface area contributed by atoms with Gasteiger partial charge in [0.2, 0.25) is 17.8 Å². The highest BCUT2D eigenvalue weighted by atomic mass is 19.4. The number of nitrogens with two attached hydrogens (primary N) is 1. The summed E-state index contributed by atoms with van der Waals surface area (Å²) in [5, 5.41) is 27.5. The van der Waals surface area contributed by atoms with Crippen LogP contribution in [0.4, 0.5) is 24.8 Å². The quantitative estimate of drug-likeness (QED) is 0.0370. The molecule has 26 heteroatoms. The molecule has 72 heavy (non-hydrogen) atoms. The van der Waals surface area contributed by atoms with Crippen LogP contribution in [0.25, 0.3) is 11.2 Å². The number of carboxylic acids is 2. The van der Waals surface area contributed by atoms with E-state index in [0.717, 1.165) is 35.5 Å². The standard InChI is InChI=1S/C46H53F3N10O13/c1-44(2,71-22-20-45(3,4)72-59-38(64)28-9-5-6-10-29(28)39(59)65)19-18-32(60)51-21-8-7-11-30(40(66)67)54-33(61)17-16-31(41(68)69)55-36(62)25-12-14-27(15-13-25)58(42(70)46(47,48)49)24-26-23-52-35-34(53-26)37(63)57-43(50)56-35/h5-6,9-10,12-15,23,30-31H,7-8,11,16-22,24H2,1-4H3,(H,51,60)(H,54,61)(H,55,62)(H,66,67)(H,68,69)(H3,50,52,56,57,63)/t30-,31-/m0/s1. The number of carbonyl (C=O) groups excluding carboxylic acids is 6. The van der Waals surface area contributed by atoms with Crippen LogP contribution in [-0.4, -0.2) is 125 Å². The third-order valence-electron chi connectivity index (χ3n) is 11.1. The number of aromatic amines is 1. The Hall–Kier alpha value is -7.87. The second kappa shape index (κ2) is 23.4. The Kier molecular flexibility index (Phi) is 17.9. The summed E-state index contributed by atoms with van der Waals surface area (Å²) in [6.07, 6.45) is -4.03. The van der Waals surface area contributed by atoms with Crippen molar-refractivity contribution in [1.29, 1.82) is 0 Å². The molecule has 0 radical (unpaired) electrons. The molecule has 0 spiro atoms. The Bertz CT molecular complexity index is 2730. The molecule has 3 heterocycles. The predicted octanol–water partition coefficient (Wildman–Crippen LogP) is 3.18. The van der Waals surface area contributed by atoms with E-state index in [-0.39, 0.29) is 88.4 Å². The van der Waals surface area contributed by atoms with Gasteiger partial charge in [0.25, 0.3) is 23.3 Å². The highest BCUT2D eigenvalue weighted by Gasteiger charge is 2.44. The van der Waals surface area contributed by atoms with Gasteiger partial charge in [0, 0.05) is 37.1 Å². The van der Waals surface area contributed by atoms with Crippen molar-refractivity contribution in [3.63, 3.8) is 0 Å². The van der Waals surface area contributed by atoms with Gasteiger partial charge in [-0.25, -0.2) is 19.6 Å².